The molecule has 0 saturated carbocycles. The zero-order chi connectivity index (χ0) is 40.7. The van der Waals surface area contributed by atoms with Gasteiger partial charge in [0.2, 0.25) is 0 Å². The molecule has 288 valence electrons. The third-order valence-electron chi connectivity index (χ3n) is 13.1. The Bertz CT molecular complexity index is 3470. The Morgan fingerprint density at radius 3 is 1.63 bits per heavy atom. The van der Waals surface area contributed by atoms with Crippen LogP contribution in [0.2, 0.25) is 0 Å². The van der Waals surface area contributed by atoms with E-state index in [4.69, 9.17) is 0 Å². The molecule has 0 fully saturated rings. The first-order valence-corrected chi connectivity index (χ1v) is 21.5. The Balaban J connectivity index is 1.16. The summed E-state index contributed by atoms with van der Waals surface area (Å²) in [5.74, 6) is 0. The zero-order valence-electron chi connectivity index (χ0n) is 33.9. The molecule has 0 saturated heterocycles. The van der Waals surface area contributed by atoms with Gasteiger partial charge in [0.25, 0.3) is 0 Å². The second-order valence-corrected chi connectivity index (χ2v) is 16.5. The minimum Gasteiger partial charge on any atom is -0.375 e. The van der Waals surface area contributed by atoms with Crippen LogP contribution in [0.15, 0.2) is 231 Å². The van der Waals surface area contributed by atoms with E-state index in [0.717, 1.165) is 22.7 Å². The Labute approximate surface area is 361 Å². The number of para-hydroxylation sites is 3. The van der Waals surface area contributed by atoms with E-state index in [1.165, 1.54) is 88.3 Å². The molecule has 0 bridgehead atoms. The van der Waals surface area contributed by atoms with Crippen LogP contribution in [-0.2, 0) is 0 Å². The van der Waals surface area contributed by atoms with E-state index >= 15 is 0 Å². The number of benzene rings is 10. The minimum absolute atomic E-state index is 0.0921. The summed E-state index contributed by atoms with van der Waals surface area (Å²) in [4.78, 5) is 4.94. The Kier molecular flexibility index (Phi) is 7.70. The molecule has 0 N–H and O–H groups in total. The number of aromatic nitrogens is 1. The largest absolute Gasteiger partial charge is 0.375 e. The van der Waals surface area contributed by atoms with Gasteiger partial charge in [0.05, 0.1) is 0 Å². The molecule has 11 aromatic rings. The zero-order valence-corrected chi connectivity index (χ0v) is 33.9. The standard InChI is InChI=1S/C58H38BN3/c1-5-16-39(17-6-1)41-28-31-47(32-29-41)61-54-33-30-44(40-18-7-2-8-19-40)35-53(54)59-57-52(37-48(38-56(57)61)60(45-22-9-3-10-23-45)46-24-11-4-12-25-46)50-27-15-26-49-51-34-42-20-13-14-21-43(42)36-55(51)62(59)58(49)50/h1-38H. The van der Waals surface area contributed by atoms with Crippen molar-refractivity contribution >= 4 is 84.5 Å². The summed E-state index contributed by atoms with van der Waals surface area (Å²) in [6.45, 7) is -0.0921. The average Bonchev–Trinajstić information content (AvgIpc) is 3.66. The summed E-state index contributed by atoms with van der Waals surface area (Å²) in [5.41, 5.74) is 19.3. The fraction of sp³-hybridized carbons (Fsp3) is 0. The van der Waals surface area contributed by atoms with Crippen LogP contribution in [0.5, 0.6) is 0 Å². The molecule has 0 atom stereocenters. The van der Waals surface area contributed by atoms with Crippen LogP contribution in [0, 0.1) is 0 Å². The van der Waals surface area contributed by atoms with Crippen LogP contribution in [0.3, 0.4) is 0 Å². The van der Waals surface area contributed by atoms with Crippen molar-refractivity contribution in [3.05, 3.63) is 231 Å². The lowest BCUT2D eigenvalue weighted by Crippen LogP contribution is -2.56. The SMILES string of the molecule is c1ccc(-c2ccc(N3c4ccc(-c5ccccc5)cc4B4c5c(cc(N(c6ccccc6)c6ccccc6)cc53)-c3cccc5c6cc7ccccc7cc6n4c35)cc2)cc1. The number of nitrogens with zero attached hydrogens (tertiary/aromatic N) is 3. The predicted molar refractivity (Wildman–Crippen MR) is 263 cm³/mol. The Morgan fingerprint density at radius 1 is 0.371 bits per heavy atom. The van der Waals surface area contributed by atoms with Crippen molar-refractivity contribution in [2.75, 3.05) is 9.80 Å². The number of fused-ring (bicyclic) bond motifs is 8. The molecule has 13 rings (SSSR count). The van der Waals surface area contributed by atoms with Crippen molar-refractivity contribution < 1.29 is 0 Å². The smallest absolute Gasteiger partial charge is 0.333 e. The second-order valence-electron chi connectivity index (χ2n) is 16.5. The highest BCUT2D eigenvalue weighted by atomic mass is 15.2. The highest BCUT2D eigenvalue weighted by molar-refractivity contribution is 6.90. The summed E-state index contributed by atoms with van der Waals surface area (Å²) >= 11 is 0. The van der Waals surface area contributed by atoms with Gasteiger partial charge in [0.15, 0.2) is 0 Å². The van der Waals surface area contributed by atoms with Gasteiger partial charge in [-0.15, -0.1) is 0 Å². The van der Waals surface area contributed by atoms with Crippen molar-refractivity contribution in [1.29, 1.82) is 0 Å². The fourth-order valence-electron chi connectivity index (χ4n) is 10.4. The third-order valence-corrected chi connectivity index (χ3v) is 13.1. The number of hydrogen-bond donors (Lipinski definition) is 0. The minimum atomic E-state index is -0.0921. The van der Waals surface area contributed by atoms with Crippen molar-refractivity contribution in [2.24, 2.45) is 0 Å². The molecule has 0 radical (unpaired) electrons. The van der Waals surface area contributed by atoms with Crippen LogP contribution in [0.1, 0.15) is 0 Å². The summed E-state index contributed by atoms with van der Waals surface area (Å²) in [6, 6.07) is 84.8. The van der Waals surface area contributed by atoms with E-state index in [1.807, 2.05) is 0 Å². The monoisotopic (exact) mass is 787 g/mol. The van der Waals surface area contributed by atoms with E-state index in [9.17, 15) is 0 Å². The van der Waals surface area contributed by atoms with Crippen LogP contribution >= 0.6 is 0 Å². The van der Waals surface area contributed by atoms with Gasteiger partial charge >= 0.3 is 6.85 Å². The summed E-state index contributed by atoms with van der Waals surface area (Å²) < 4.78 is 2.67. The molecule has 10 aromatic carbocycles. The summed E-state index contributed by atoms with van der Waals surface area (Å²) in [7, 11) is 0. The predicted octanol–water partition coefficient (Wildman–Crippen LogP) is 14.2. The number of anilines is 6. The quantitative estimate of drug-likeness (QED) is 0.156. The first-order chi connectivity index (χ1) is 30.8. The average molecular weight is 788 g/mol. The number of rotatable bonds is 6. The topological polar surface area (TPSA) is 11.4 Å². The van der Waals surface area contributed by atoms with Crippen molar-refractivity contribution in [2.45, 2.75) is 0 Å². The molecular weight excluding hydrogens is 749 g/mol. The van der Waals surface area contributed by atoms with Gasteiger partial charge in [-0.3, -0.25) is 0 Å². The Hall–Kier alpha value is -8.08. The number of hydrogen-bond acceptors (Lipinski definition) is 2. The second kappa shape index (κ2) is 13.7. The third kappa shape index (κ3) is 5.27. The molecule has 4 heteroatoms. The Morgan fingerprint density at radius 2 is 0.952 bits per heavy atom. The lowest BCUT2D eigenvalue weighted by molar-refractivity contribution is 1.23. The molecule has 0 unspecified atom stereocenters. The van der Waals surface area contributed by atoms with Gasteiger partial charge < -0.3 is 14.3 Å². The first-order valence-electron chi connectivity index (χ1n) is 21.5. The normalized spacial score (nSPS) is 12.5. The van der Waals surface area contributed by atoms with Gasteiger partial charge in [0.1, 0.15) is 0 Å². The van der Waals surface area contributed by atoms with E-state index in [-0.39, 0.29) is 6.85 Å². The molecule has 62 heavy (non-hydrogen) atoms. The van der Waals surface area contributed by atoms with Crippen molar-refractivity contribution in [3.8, 4) is 33.4 Å². The molecule has 3 heterocycles. The van der Waals surface area contributed by atoms with E-state index in [2.05, 4.69) is 245 Å². The molecular formula is C58H38BN3. The maximum absolute atomic E-state index is 2.67. The fourth-order valence-corrected chi connectivity index (χ4v) is 10.4. The highest BCUT2D eigenvalue weighted by Crippen LogP contribution is 2.49. The van der Waals surface area contributed by atoms with Crippen LogP contribution in [0.4, 0.5) is 34.1 Å². The molecule has 2 aliphatic rings. The molecule has 0 spiro atoms. The maximum Gasteiger partial charge on any atom is 0.333 e. The molecule has 0 aliphatic carbocycles. The van der Waals surface area contributed by atoms with Crippen LogP contribution in [0.25, 0.3) is 66.0 Å². The molecule has 1 aromatic heterocycles. The van der Waals surface area contributed by atoms with Gasteiger partial charge in [-0.1, -0.05) is 164 Å². The first kappa shape index (κ1) is 34.8. The van der Waals surface area contributed by atoms with Gasteiger partial charge in [-0.25, -0.2) is 0 Å². The van der Waals surface area contributed by atoms with Crippen molar-refractivity contribution in [1.82, 2.24) is 4.48 Å². The highest BCUT2D eigenvalue weighted by Gasteiger charge is 2.43. The van der Waals surface area contributed by atoms with Crippen molar-refractivity contribution in [3.63, 3.8) is 0 Å². The van der Waals surface area contributed by atoms with E-state index < -0.39 is 0 Å². The maximum atomic E-state index is 2.67. The molecule has 0 amide bonds. The molecule has 3 nitrogen and oxygen atoms in total. The van der Waals surface area contributed by atoms with Crippen LogP contribution in [-0.4, -0.2) is 11.3 Å². The van der Waals surface area contributed by atoms with Gasteiger partial charge in [-0.05, 0) is 116 Å². The lowest BCUT2D eigenvalue weighted by atomic mass is 9.45. The van der Waals surface area contributed by atoms with Gasteiger partial charge in [-0.2, -0.15) is 0 Å². The summed E-state index contributed by atoms with van der Waals surface area (Å²) in [6.07, 6.45) is 0. The van der Waals surface area contributed by atoms with E-state index in [1.54, 1.807) is 0 Å². The molecule has 2 aliphatic heterocycles. The van der Waals surface area contributed by atoms with Gasteiger partial charge in [0, 0.05) is 61.5 Å². The summed E-state index contributed by atoms with van der Waals surface area (Å²) in [5, 5.41) is 5.07. The van der Waals surface area contributed by atoms with E-state index in [0.29, 0.717) is 0 Å². The van der Waals surface area contributed by atoms with Crippen LogP contribution < -0.4 is 20.7 Å². The lowest BCUT2D eigenvalue weighted by Gasteiger charge is -2.41.